The van der Waals surface area contributed by atoms with Crippen molar-refractivity contribution in [3.63, 3.8) is 0 Å². The van der Waals surface area contributed by atoms with Crippen LogP contribution in [-0.4, -0.2) is 13.5 Å². The quantitative estimate of drug-likeness (QED) is 0.195. The highest BCUT2D eigenvalue weighted by molar-refractivity contribution is 6.20. The van der Waals surface area contributed by atoms with Crippen LogP contribution in [-0.2, 0) is 0 Å². The molecule has 10 rings (SSSR count). The van der Waals surface area contributed by atoms with E-state index in [1.54, 1.807) is 0 Å². The Morgan fingerprint density at radius 2 is 0.733 bits per heavy atom. The van der Waals surface area contributed by atoms with E-state index < -0.39 is 0 Å². The smallest absolute Gasteiger partial charge is 0.0703 e. The first kappa shape index (κ1) is 24.4. The fourth-order valence-corrected chi connectivity index (χ4v) is 7.59. The number of fused-ring (bicyclic) bond motifs is 10. The molecule has 0 radical (unpaired) electrons. The van der Waals surface area contributed by atoms with Gasteiger partial charge in [-0.1, -0.05) is 103 Å². The zero-order valence-corrected chi connectivity index (χ0v) is 24.4. The van der Waals surface area contributed by atoms with Crippen LogP contribution in [0.4, 0.5) is 0 Å². The van der Waals surface area contributed by atoms with E-state index in [1.807, 2.05) is 0 Å². The van der Waals surface area contributed by atoms with Gasteiger partial charge >= 0.3 is 0 Å². The maximum Gasteiger partial charge on any atom is 0.0703 e. The monoisotopic (exact) mass is 573 g/mol. The third-order valence-corrected chi connectivity index (χ3v) is 9.42. The molecule has 0 saturated carbocycles. The lowest BCUT2D eigenvalue weighted by atomic mass is 10.1. The van der Waals surface area contributed by atoms with Gasteiger partial charge in [-0.2, -0.15) is 0 Å². The van der Waals surface area contributed by atoms with Gasteiger partial charge in [0.2, 0.25) is 0 Å². The van der Waals surface area contributed by atoms with E-state index in [1.165, 1.54) is 65.6 Å². The molecule has 0 saturated heterocycles. The number of benzene rings is 7. The first-order valence-electron chi connectivity index (χ1n) is 15.5. The van der Waals surface area contributed by atoms with Gasteiger partial charge < -0.3 is 13.5 Å². The summed E-state index contributed by atoms with van der Waals surface area (Å²) in [5.74, 6) is 0. The summed E-state index contributed by atoms with van der Waals surface area (Å²) in [5, 5.41) is 7.48. The molecule has 0 amide bonds. The van der Waals surface area contributed by atoms with Gasteiger partial charge in [0.15, 0.2) is 0 Å². The van der Waals surface area contributed by atoms with Gasteiger partial charge in [0.1, 0.15) is 0 Å². The van der Waals surface area contributed by atoms with Gasteiger partial charge in [-0.05, 0) is 60.7 Å². The fraction of sp³-hybridized carbons (Fsp3) is 0. The molecule has 210 valence electrons. The summed E-state index contributed by atoms with van der Waals surface area (Å²) < 4.78 is 7.30. The molecule has 0 atom stereocenters. The van der Waals surface area contributed by atoms with E-state index in [2.05, 4.69) is 177 Å². The highest BCUT2D eigenvalue weighted by Crippen LogP contribution is 2.39. The molecule has 0 aliphatic heterocycles. The van der Waals surface area contributed by atoms with Crippen molar-refractivity contribution in [3.8, 4) is 11.4 Å². The zero-order chi connectivity index (χ0) is 29.5. The van der Waals surface area contributed by atoms with E-state index in [4.69, 9.17) is 0 Å². The first-order valence-corrected chi connectivity index (χ1v) is 15.5. The van der Waals surface area contributed by atoms with Crippen LogP contribution < -0.4 is 0 Å². The molecule has 0 fully saturated rings. The second-order valence-corrected chi connectivity index (χ2v) is 11.8. The minimum atomic E-state index is 1.13. The summed E-state index contributed by atoms with van der Waals surface area (Å²) in [5.41, 5.74) is 10.6. The normalized spacial score (nSPS) is 12.0. The Balaban J connectivity index is 1.43. The van der Waals surface area contributed by atoms with Crippen LogP contribution >= 0.6 is 0 Å². The van der Waals surface area contributed by atoms with Gasteiger partial charge in [0, 0.05) is 43.7 Å². The number of hydrogen-bond acceptors (Lipinski definition) is 0. The van der Waals surface area contributed by atoms with E-state index in [-0.39, 0.29) is 0 Å². The van der Waals surface area contributed by atoms with Gasteiger partial charge in [0.05, 0.1) is 38.6 Å². The maximum atomic E-state index is 2.47. The Hall–Kier alpha value is -6.06. The zero-order valence-electron chi connectivity index (χ0n) is 24.4. The Bertz CT molecular complexity index is 2810. The van der Waals surface area contributed by atoms with Gasteiger partial charge in [-0.15, -0.1) is 0 Å². The topological polar surface area (TPSA) is 14.3 Å². The molecule has 45 heavy (non-hydrogen) atoms. The second kappa shape index (κ2) is 9.22. The largest absolute Gasteiger partial charge is 0.309 e. The van der Waals surface area contributed by atoms with Crippen LogP contribution in [0.2, 0.25) is 0 Å². The lowest BCUT2D eigenvalue weighted by molar-refractivity contribution is 1.15. The molecular weight excluding hydrogens is 546 g/mol. The van der Waals surface area contributed by atoms with Crippen LogP contribution in [0.3, 0.4) is 0 Å². The summed E-state index contributed by atoms with van der Waals surface area (Å²) in [6, 6.07) is 59.6. The van der Waals surface area contributed by atoms with Crippen molar-refractivity contribution in [1.82, 2.24) is 13.5 Å². The predicted molar refractivity (Wildman–Crippen MR) is 190 cm³/mol. The Morgan fingerprint density at radius 3 is 1.42 bits per heavy atom. The number of nitrogens with zero attached hydrogens (tertiary/aromatic N) is 3. The molecule has 7 aromatic carbocycles. The molecule has 0 aliphatic rings. The van der Waals surface area contributed by atoms with E-state index in [0.717, 1.165) is 16.7 Å². The molecule has 0 spiro atoms. The average molecular weight is 574 g/mol. The van der Waals surface area contributed by atoms with E-state index >= 15 is 0 Å². The summed E-state index contributed by atoms with van der Waals surface area (Å²) in [6.07, 6.45) is 0. The third kappa shape index (κ3) is 3.35. The lowest BCUT2D eigenvalue weighted by Crippen LogP contribution is -2.01. The van der Waals surface area contributed by atoms with Crippen LogP contribution in [0.5, 0.6) is 0 Å². The third-order valence-electron chi connectivity index (χ3n) is 9.42. The van der Waals surface area contributed by atoms with Crippen LogP contribution in [0.1, 0.15) is 0 Å². The number of rotatable bonds is 2. The van der Waals surface area contributed by atoms with Crippen molar-refractivity contribution >= 4 is 70.9 Å². The maximum absolute atomic E-state index is 2.47. The van der Waals surface area contributed by atoms with Gasteiger partial charge in [-0.3, -0.25) is 0 Å². The van der Waals surface area contributed by atoms with Gasteiger partial charge in [-0.25, -0.2) is 0 Å². The van der Waals surface area contributed by atoms with E-state index in [9.17, 15) is 0 Å². The van der Waals surface area contributed by atoms with Crippen molar-refractivity contribution in [2.24, 2.45) is 0 Å². The lowest BCUT2D eigenvalue weighted by Gasteiger charge is -2.17. The first-order chi connectivity index (χ1) is 22.4. The highest BCUT2D eigenvalue weighted by atomic mass is 15.0. The average Bonchev–Trinajstić information content (AvgIpc) is 3.62. The number of hydrogen-bond donors (Lipinski definition) is 0. The SMILES string of the molecule is c1ccc(-n2c3ccccc3c3cc(-n4c5ccccc5c5cccc6c7ccccc7n(c7ccccc74)c56)ccc32)cc1. The molecule has 0 bridgehead atoms. The van der Waals surface area contributed by atoms with Gasteiger partial charge in [0.25, 0.3) is 0 Å². The molecule has 3 heterocycles. The molecule has 0 unspecified atom stereocenters. The summed E-state index contributed by atoms with van der Waals surface area (Å²) in [4.78, 5) is 0. The van der Waals surface area contributed by atoms with Crippen LogP contribution in [0, 0.1) is 0 Å². The summed E-state index contributed by atoms with van der Waals surface area (Å²) >= 11 is 0. The molecule has 3 heteroatoms. The second-order valence-electron chi connectivity index (χ2n) is 11.8. The number of aromatic nitrogens is 3. The highest BCUT2D eigenvalue weighted by Gasteiger charge is 2.17. The Labute approximate surface area is 259 Å². The van der Waals surface area contributed by atoms with Crippen molar-refractivity contribution in [2.75, 3.05) is 0 Å². The Morgan fingerprint density at radius 1 is 0.267 bits per heavy atom. The number of para-hydroxylation sites is 7. The van der Waals surface area contributed by atoms with Crippen molar-refractivity contribution in [3.05, 3.63) is 164 Å². The fourth-order valence-electron chi connectivity index (χ4n) is 7.59. The molecule has 3 nitrogen and oxygen atoms in total. The standard InChI is InChI=1S/C42H27N3/c1-2-13-28(14-3-1)43-37-21-8-6-17-32(37)35-27-29(25-26-39(35)43)44-36-20-7-4-15-30(36)33-18-12-19-34-31-16-5-9-22-38(31)45(42(33)34)41-24-11-10-23-40(41)44/h1-27H. The predicted octanol–water partition coefficient (Wildman–Crippen LogP) is 11.0. The summed E-state index contributed by atoms with van der Waals surface area (Å²) in [7, 11) is 0. The minimum Gasteiger partial charge on any atom is -0.309 e. The molecule has 3 aromatic heterocycles. The molecule has 0 aliphatic carbocycles. The van der Waals surface area contributed by atoms with Crippen LogP contribution in [0.25, 0.3) is 82.3 Å². The molecular formula is C42H27N3. The van der Waals surface area contributed by atoms with Crippen molar-refractivity contribution in [2.45, 2.75) is 0 Å². The van der Waals surface area contributed by atoms with E-state index in [0.29, 0.717) is 0 Å². The molecule has 10 aromatic rings. The minimum absolute atomic E-state index is 1.13. The van der Waals surface area contributed by atoms with Crippen molar-refractivity contribution in [1.29, 1.82) is 0 Å². The van der Waals surface area contributed by atoms with Crippen LogP contribution in [0.15, 0.2) is 164 Å². The molecule has 0 N–H and O–H groups in total. The Kier molecular flexibility index (Phi) is 5.00. The summed E-state index contributed by atoms with van der Waals surface area (Å²) in [6.45, 7) is 0. The van der Waals surface area contributed by atoms with Crippen molar-refractivity contribution < 1.29 is 0 Å².